The van der Waals surface area contributed by atoms with E-state index in [9.17, 15) is 9.18 Å². The minimum absolute atomic E-state index is 0.183. The maximum absolute atomic E-state index is 13.6. The maximum Gasteiger partial charge on any atom is 0.240 e. The number of aromatic nitrogens is 3. The number of hydrogen-bond donors (Lipinski definition) is 2. The van der Waals surface area contributed by atoms with Gasteiger partial charge in [-0.25, -0.2) is 9.07 Å². The van der Waals surface area contributed by atoms with Gasteiger partial charge in [-0.1, -0.05) is 60.3 Å². The minimum Gasteiger partial charge on any atom is -0.486 e. The second-order valence-corrected chi connectivity index (χ2v) is 8.95. The molecule has 0 radical (unpaired) electrons. The molecule has 34 heavy (non-hydrogen) atoms. The first kappa shape index (κ1) is 22.0. The summed E-state index contributed by atoms with van der Waals surface area (Å²) in [7, 11) is 0. The molecule has 2 N–H and O–H groups in total. The Morgan fingerprint density at radius 3 is 2.56 bits per heavy atom. The van der Waals surface area contributed by atoms with Crippen LogP contribution in [0.1, 0.15) is 23.0 Å². The van der Waals surface area contributed by atoms with E-state index in [1.165, 1.54) is 23.9 Å². The molecule has 0 fully saturated rings. The van der Waals surface area contributed by atoms with Crippen molar-refractivity contribution in [1.29, 1.82) is 0 Å². The number of anilines is 1. The number of aryl methyl sites for hydroxylation is 1. The van der Waals surface area contributed by atoms with Crippen molar-refractivity contribution in [1.82, 2.24) is 14.9 Å². The summed E-state index contributed by atoms with van der Waals surface area (Å²) in [6, 6.07) is 22.7. The van der Waals surface area contributed by atoms with Gasteiger partial charge in [-0.2, -0.15) is 0 Å². The summed E-state index contributed by atoms with van der Waals surface area (Å²) in [5.74, 6) is 0.762. The molecular formula is C25H22FN5O2S. The van der Waals surface area contributed by atoms with Gasteiger partial charge in [0, 0.05) is 5.69 Å². The number of benzene rings is 3. The van der Waals surface area contributed by atoms with Crippen molar-refractivity contribution in [2.75, 3.05) is 10.7 Å². The highest BCUT2D eigenvalue weighted by molar-refractivity contribution is 8.00. The fraction of sp³-hybridized carbons (Fsp3) is 0.160. The van der Waals surface area contributed by atoms with Crippen LogP contribution in [0, 0.1) is 12.7 Å². The molecular weight excluding hydrogens is 453 g/mol. The third kappa shape index (κ3) is 4.60. The fourth-order valence-corrected chi connectivity index (χ4v) is 4.79. The third-order valence-electron chi connectivity index (χ3n) is 5.51. The molecule has 172 valence electrons. The topological polar surface area (TPSA) is 81.1 Å². The summed E-state index contributed by atoms with van der Waals surface area (Å²) >= 11 is 1.31. The van der Waals surface area contributed by atoms with E-state index in [1.807, 2.05) is 61.5 Å². The number of nitrogens with one attached hydrogen (secondary N) is 2. The standard InChI is InChI=1S/C25H22FN5O2S/c1-16-7-5-6-10-20(16)27-24(32)23-22(17-11-13-18(26)14-12-17)30-31-21(28-29-25(31)34-23)15-33-19-8-3-2-4-9-19/h2-14,22-23,30H,15H2,1H3,(H,27,32)/t22-,23+/m0/s1. The molecule has 0 spiro atoms. The van der Waals surface area contributed by atoms with Crippen molar-refractivity contribution in [2.45, 2.75) is 30.0 Å². The SMILES string of the molecule is Cc1ccccc1NC(=O)[C@@H]1Sc2nnc(COc3ccccc3)n2N[C@H]1c1ccc(F)cc1. The summed E-state index contributed by atoms with van der Waals surface area (Å²) in [6.45, 7) is 2.13. The number of amides is 1. The molecule has 1 aliphatic rings. The molecule has 2 heterocycles. The maximum atomic E-state index is 13.6. The molecule has 1 amide bonds. The van der Waals surface area contributed by atoms with Gasteiger partial charge in [0.2, 0.25) is 11.1 Å². The molecule has 0 saturated heterocycles. The normalized spacial score (nSPS) is 16.9. The Balaban J connectivity index is 1.43. The monoisotopic (exact) mass is 475 g/mol. The van der Waals surface area contributed by atoms with Crippen LogP contribution in [-0.4, -0.2) is 26.0 Å². The number of ether oxygens (including phenoxy) is 1. The number of para-hydroxylation sites is 2. The van der Waals surface area contributed by atoms with Crippen LogP contribution in [0.5, 0.6) is 5.75 Å². The molecule has 0 bridgehead atoms. The lowest BCUT2D eigenvalue weighted by Gasteiger charge is -2.33. The van der Waals surface area contributed by atoms with E-state index in [-0.39, 0.29) is 18.3 Å². The Bertz CT molecular complexity index is 1300. The number of carbonyl (C=O) groups excluding carboxylic acids is 1. The highest BCUT2D eigenvalue weighted by Crippen LogP contribution is 2.38. The lowest BCUT2D eigenvalue weighted by Crippen LogP contribution is -2.41. The predicted molar refractivity (Wildman–Crippen MR) is 129 cm³/mol. The number of carbonyl (C=O) groups is 1. The van der Waals surface area contributed by atoms with Crippen molar-refractivity contribution < 1.29 is 13.9 Å². The van der Waals surface area contributed by atoms with Crippen molar-refractivity contribution >= 4 is 23.4 Å². The van der Waals surface area contributed by atoms with Crippen LogP contribution in [-0.2, 0) is 11.4 Å². The lowest BCUT2D eigenvalue weighted by molar-refractivity contribution is -0.116. The zero-order chi connectivity index (χ0) is 23.5. The van der Waals surface area contributed by atoms with E-state index in [2.05, 4.69) is 20.9 Å². The van der Waals surface area contributed by atoms with Gasteiger partial charge in [-0.15, -0.1) is 10.2 Å². The van der Waals surface area contributed by atoms with Crippen LogP contribution in [0.4, 0.5) is 10.1 Å². The van der Waals surface area contributed by atoms with E-state index >= 15 is 0 Å². The molecule has 0 unspecified atom stereocenters. The van der Waals surface area contributed by atoms with Crippen molar-refractivity contribution in [3.05, 3.63) is 102 Å². The first-order valence-corrected chi connectivity index (χ1v) is 11.6. The molecule has 4 aromatic rings. The van der Waals surface area contributed by atoms with E-state index in [4.69, 9.17) is 4.74 Å². The third-order valence-corrected chi connectivity index (χ3v) is 6.72. The highest BCUT2D eigenvalue weighted by atomic mass is 32.2. The molecule has 9 heteroatoms. The van der Waals surface area contributed by atoms with Crippen molar-refractivity contribution in [3.63, 3.8) is 0 Å². The second-order valence-electron chi connectivity index (χ2n) is 7.84. The largest absolute Gasteiger partial charge is 0.486 e. The Morgan fingerprint density at radius 1 is 1.06 bits per heavy atom. The zero-order valence-electron chi connectivity index (χ0n) is 18.3. The van der Waals surface area contributed by atoms with Gasteiger partial charge in [0.1, 0.15) is 23.4 Å². The van der Waals surface area contributed by atoms with E-state index in [0.717, 1.165) is 16.8 Å². The van der Waals surface area contributed by atoms with Gasteiger partial charge in [0.25, 0.3) is 0 Å². The van der Waals surface area contributed by atoms with Gasteiger partial charge in [0.15, 0.2) is 5.82 Å². The van der Waals surface area contributed by atoms with Crippen LogP contribution < -0.4 is 15.5 Å². The molecule has 1 aromatic heterocycles. The van der Waals surface area contributed by atoms with Gasteiger partial charge < -0.3 is 15.5 Å². The summed E-state index contributed by atoms with van der Waals surface area (Å²) in [5.41, 5.74) is 5.84. The minimum atomic E-state index is -0.565. The van der Waals surface area contributed by atoms with Gasteiger partial charge in [0.05, 0.1) is 6.04 Å². The first-order chi connectivity index (χ1) is 16.6. The average Bonchev–Trinajstić information content (AvgIpc) is 3.26. The number of rotatable bonds is 6. The number of nitrogens with zero attached hydrogens (tertiary/aromatic N) is 3. The predicted octanol–water partition coefficient (Wildman–Crippen LogP) is 4.70. The lowest BCUT2D eigenvalue weighted by atomic mass is 10.0. The molecule has 5 rings (SSSR count). The van der Waals surface area contributed by atoms with Crippen LogP contribution in [0.3, 0.4) is 0 Å². The number of hydrogen-bond acceptors (Lipinski definition) is 6. The summed E-state index contributed by atoms with van der Waals surface area (Å²) in [4.78, 5) is 13.4. The molecule has 1 aliphatic heterocycles. The molecule has 3 aromatic carbocycles. The van der Waals surface area contributed by atoms with Crippen molar-refractivity contribution in [3.8, 4) is 5.75 Å². The first-order valence-electron chi connectivity index (χ1n) is 10.8. The Kier molecular flexibility index (Phi) is 6.18. The van der Waals surface area contributed by atoms with Crippen LogP contribution in [0.25, 0.3) is 0 Å². The molecule has 0 saturated carbocycles. The Labute approximate surface area is 200 Å². The molecule has 7 nitrogen and oxygen atoms in total. The number of fused-ring (bicyclic) bond motifs is 1. The van der Waals surface area contributed by atoms with Gasteiger partial charge in [-0.05, 0) is 48.4 Å². The van der Waals surface area contributed by atoms with Gasteiger partial charge in [-0.3, -0.25) is 4.79 Å². The van der Waals surface area contributed by atoms with E-state index in [0.29, 0.717) is 16.7 Å². The Hall–Kier alpha value is -3.85. The van der Waals surface area contributed by atoms with Crippen LogP contribution >= 0.6 is 11.8 Å². The van der Waals surface area contributed by atoms with Crippen molar-refractivity contribution in [2.24, 2.45) is 0 Å². The Morgan fingerprint density at radius 2 is 1.79 bits per heavy atom. The number of halogens is 1. The highest BCUT2D eigenvalue weighted by Gasteiger charge is 2.38. The zero-order valence-corrected chi connectivity index (χ0v) is 19.1. The van der Waals surface area contributed by atoms with E-state index < -0.39 is 11.3 Å². The average molecular weight is 476 g/mol. The summed E-state index contributed by atoms with van der Waals surface area (Å²) < 4.78 is 21.2. The smallest absolute Gasteiger partial charge is 0.240 e. The van der Waals surface area contributed by atoms with Crippen LogP contribution in [0.15, 0.2) is 84.0 Å². The summed E-state index contributed by atoms with van der Waals surface area (Å²) in [5, 5.41) is 11.5. The summed E-state index contributed by atoms with van der Waals surface area (Å²) in [6.07, 6.45) is 0. The van der Waals surface area contributed by atoms with E-state index in [1.54, 1.807) is 16.8 Å². The van der Waals surface area contributed by atoms with Crippen LogP contribution in [0.2, 0.25) is 0 Å². The number of thioether (sulfide) groups is 1. The second kappa shape index (κ2) is 9.56. The molecule has 0 aliphatic carbocycles. The quantitative estimate of drug-likeness (QED) is 0.421. The molecule has 2 atom stereocenters. The van der Waals surface area contributed by atoms with Gasteiger partial charge >= 0.3 is 0 Å². The fourth-order valence-electron chi connectivity index (χ4n) is 3.69.